The van der Waals surface area contributed by atoms with E-state index in [9.17, 15) is 8.78 Å². The molecule has 1 aromatic rings. The SMILES string of the molecule is Fc1ccc(OC2CCOC2)c(F)c1. The summed E-state index contributed by atoms with van der Waals surface area (Å²) in [6.45, 7) is 1.10. The normalized spacial score (nSPS) is 21.1. The van der Waals surface area contributed by atoms with Crippen molar-refractivity contribution >= 4 is 0 Å². The molecule has 0 aliphatic carbocycles. The van der Waals surface area contributed by atoms with E-state index in [1.165, 1.54) is 12.1 Å². The van der Waals surface area contributed by atoms with E-state index in [4.69, 9.17) is 9.47 Å². The first kappa shape index (κ1) is 9.40. The highest BCUT2D eigenvalue weighted by Crippen LogP contribution is 2.21. The quantitative estimate of drug-likeness (QED) is 0.728. The number of hydrogen-bond acceptors (Lipinski definition) is 2. The van der Waals surface area contributed by atoms with E-state index < -0.39 is 11.6 Å². The summed E-state index contributed by atoms with van der Waals surface area (Å²) in [6, 6.07) is 3.28. The molecule has 4 heteroatoms. The van der Waals surface area contributed by atoms with E-state index >= 15 is 0 Å². The molecule has 1 aliphatic rings. The number of rotatable bonds is 2. The Morgan fingerprint density at radius 3 is 2.86 bits per heavy atom. The lowest BCUT2D eigenvalue weighted by Gasteiger charge is -2.11. The van der Waals surface area contributed by atoms with Crippen LogP contribution in [0.1, 0.15) is 6.42 Å². The maximum atomic E-state index is 13.1. The number of hydrogen-bond donors (Lipinski definition) is 0. The van der Waals surface area contributed by atoms with Crippen molar-refractivity contribution in [1.29, 1.82) is 0 Å². The smallest absolute Gasteiger partial charge is 0.167 e. The van der Waals surface area contributed by atoms with Gasteiger partial charge in [-0.2, -0.15) is 0 Å². The Hall–Kier alpha value is -1.16. The van der Waals surface area contributed by atoms with Crippen LogP contribution in [0.15, 0.2) is 18.2 Å². The summed E-state index contributed by atoms with van der Waals surface area (Å²) < 4.78 is 36.0. The summed E-state index contributed by atoms with van der Waals surface area (Å²) in [5.41, 5.74) is 0. The first-order valence-electron chi connectivity index (χ1n) is 4.45. The van der Waals surface area contributed by atoms with Crippen molar-refractivity contribution in [3.63, 3.8) is 0 Å². The molecule has 0 saturated carbocycles. The summed E-state index contributed by atoms with van der Waals surface area (Å²) in [7, 11) is 0. The standard InChI is InChI=1S/C10H10F2O2/c11-7-1-2-10(9(12)5-7)14-8-3-4-13-6-8/h1-2,5,8H,3-4,6H2. The fourth-order valence-electron chi connectivity index (χ4n) is 1.36. The summed E-state index contributed by atoms with van der Waals surface area (Å²) in [5, 5.41) is 0. The second-order valence-corrected chi connectivity index (χ2v) is 3.18. The average Bonchev–Trinajstić information content (AvgIpc) is 2.62. The zero-order chi connectivity index (χ0) is 9.97. The van der Waals surface area contributed by atoms with E-state index in [2.05, 4.69) is 0 Å². The van der Waals surface area contributed by atoms with Gasteiger partial charge >= 0.3 is 0 Å². The second kappa shape index (κ2) is 3.92. The molecule has 1 atom stereocenters. The Labute approximate surface area is 80.4 Å². The van der Waals surface area contributed by atoms with Crippen molar-refractivity contribution in [2.24, 2.45) is 0 Å². The third-order valence-corrected chi connectivity index (χ3v) is 2.08. The van der Waals surface area contributed by atoms with Gasteiger partial charge in [-0.15, -0.1) is 0 Å². The van der Waals surface area contributed by atoms with Crippen LogP contribution in [0.25, 0.3) is 0 Å². The van der Waals surface area contributed by atoms with E-state index in [1.807, 2.05) is 0 Å². The van der Waals surface area contributed by atoms with Gasteiger partial charge in [0, 0.05) is 12.5 Å². The molecule has 14 heavy (non-hydrogen) atoms. The van der Waals surface area contributed by atoms with Crippen LogP contribution in [-0.2, 0) is 4.74 Å². The lowest BCUT2D eigenvalue weighted by molar-refractivity contribution is 0.138. The van der Waals surface area contributed by atoms with Crippen molar-refractivity contribution in [1.82, 2.24) is 0 Å². The molecule has 0 spiro atoms. The molecule has 0 amide bonds. The summed E-state index contributed by atoms with van der Waals surface area (Å²) in [6.07, 6.45) is 0.631. The molecule has 0 aromatic heterocycles. The van der Waals surface area contributed by atoms with Crippen LogP contribution in [0.4, 0.5) is 8.78 Å². The van der Waals surface area contributed by atoms with E-state index in [1.54, 1.807) is 0 Å². The molecule has 2 nitrogen and oxygen atoms in total. The van der Waals surface area contributed by atoms with Crippen LogP contribution in [0.2, 0.25) is 0 Å². The molecule has 1 heterocycles. The van der Waals surface area contributed by atoms with Crippen LogP contribution in [0.5, 0.6) is 5.75 Å². The van der Waals surface area contributed by atoms with Crippen molar-refractivity contribution in [3.8, 4) is 5.75 Å². The fourth-order valence-corrected chi connectivity index (χ4v) is 1.36. The minimum atomic E-state index is -0.670. The van der Waals surface area contributed by atoms with E-state index in [-0.39, 0.29) is 11.9 Å². The highest BCUT2D eigenvalue weighted by Gasteiger charge is 2.18. The predicted octanol–water partition coefficient (Wildman–Crippen LogP) is 2.13. The lowest BCUT2D eigenvalue weighted by Crippen LogP contribution is -2.16. The monoisotopic (exact) mass is 200 g/mol. The molecule has 0 N–H and O–H groups in total. The molecule has 1 aliphatic heterocycles. The molecule has 1 fully saturated rings. The Morgan fingerprint density at radius 2 is 2.21 bits per heavy atom. The summed E-state index contributed by atoms with van der Waals surface area (Å²) >= 11 is 0. The van der Waals surface area contributed by atoms with Gasteiger partial charge in [0.2, 0.25) is 0 Å². The molecule has 0 radical (unpaired) electrons. The van der Waals surface area contributed by atoms with Gasteiger partial charge < -0.3 is 9.47 Å². The van der Waals surface area contributed by atoms with Gasteiger partial charge in [0.15, 0.2) is 11.6 Å². The van der Waals surface area contributed by atoms with Crippen LogP contribution in [0.3, 0.4) is 0 Å². The number of ether oxygens (including phenoxy) is 2. The van der Waals surface area contributed by atoms with Gasteiger partial charge in [0.1, 0.15) is 11.9 Å². The zero-order valence-corrected chi connectivity index (χ0v) is 7.50. The molecule has 1 aromatic carbocycles. The van der Waals surface area contributed by atoms with Crippen molar-refractivity contribution in [2.75, 3.05) is 13.2 Å². The Bertz CT molecular complexity index is 322. The lowest BCUT2D eigenvalue weighted by atomic mass is 10.3. The van der Waals surface area contributed by atoms with Gasteiger partial charge in [0.05, 0.1) is 13.2 Å². The van der Waals surface area contributed by atoms with Crippen molar-refractivity contribution in [2.45, 2.75) is 12.5 Å². The molecular formula is C10H10F2O2. The van der Waals surface area contributed by atoms with Crippen LogP contribution in [0, 0.1) is 11.6 Å². The highest BCUT2D eigenvalue weighted by molar-refractivity contribution is 5.24. The zero-order valence-electron chi connectivity index (χ0n) is 7.50. The maximum absolute atomic E-state index is 13.1. The highest BCUT2D eigenvalue weighted by atomic mass is 19.1. The predicted molar refractivity (Wildman–Crippen MR) is 46.2 cm³/mol. The largest absolute Gasteiger partial charge is 0.485 e. The summed E-state index contributed by atoms with van der Waals surface area (Å²) in [5.74, 6) is -1.18. The van der Waals surface area contributed by atoms with Crippen LogP contribution < -0.4 is 4.74 Å². The van der Waals surface area contributed by atoms with Crippen molar-refractivity contribution in [3.05, 3.63) is 29.8 Å². The first-order chi connectivity index (χ1) is 6.75. The van der Waals surface area contributed by atoms with Crippen LogP contribution >= 0.6 is 0 Å². The molecule has 1 unspecified atom stereocenters. The first-order valence-corrected chi connectivity index (χ1v) is 4.45. The molecule has 0 bridgehead atoms. The van der Waals surface area contributed by atoms with Gasteiger partial charge in [0.25, 0.3) is 0 Å². The minimum Gasteiger partial charge on any atom is -0.485 e. The Kier molecular flexibility index (Phi) is 2.63. The average molecular weight is 200 g/mol. The van der Waals surface area contributed by atoms with E-state index in [0.717, 1.165) is 12.5 Å². The minimum absolute atomic E-state index is 0.0851. The van der Waals surface area contributed by atoms with Crippen LogP contribution in [-0.4, -0.2) is 19.3 Å². The molecular weight excluding hydrogens is 190 g/mol. The summed E-state index contributed by atoms with van der Waals surface area (Å²) in [4.78, 5) is 0. The van der Waals surface area contributed by atoms with Gasteiger partial charge in [-0.25, -0.2) is 8.78 Å². The van der Waals surface area contributed by atoms with Gasteiger partial charge in [-0.05, 0) is 12.1 Å². The van der Waals surface area contributed by atoms with Gasteiger partial charge in [-0.1, -0.05) is 0 Å². The topological polar surface area (TPSA) is 18.5 Å². The fraction of sp³-hybridized carbons (Fsp3) is 0.400. The maximum Gasteiger partial charge on any atom is 0.167 e. The Balaban J connectivity index is 2.08. The molecule has 1 saturated heterocycles. The third-order valence-electron chi connectivity index (χ3n) is 2.08. The molecule has 2 rings (SSSR count). The number of halogens is 2. The van der Waals surface area contributed by atoms with Crippen molar-refractivity contribution < 1.29 is 18.3 Å². The molecule has 76 valence electrons. The number of benzene rings is 1. The second-order valence-electron chi connectivity index (χ2n) is 3.18. The van der Waals surface area contributed by atoms with E-state index in [0.29, 0.717) is 13.2 Å². The van der Waals surface area contributed by atoms with Gasteiger partial charge in [-0.3, -0.25) is 0 Å². The Morgan fingerprint density at radius 1 is 1.36 bits per heavy atom. The third kappa shape index (κ3) is 2.01.